The SMILES string of the molecule is CCCCCC/C=C\C/C=C\CCCCCCCC(=O)OCCCCCC/C=C\CCCCCCCCCC(=O)NC(CO)C(O)CCCCCCCCCCCC. The summed E-state index contributed by atoms with van der Waals surface area (Å²) in [5.74, 6) is -0.0780. The van der Waals surface area contributed by atoms with Crippen molar-refractivity contribution in [2.45, 2.75) is 270 Å². The Bertz CT molecular complexity index is 946. The van der Waals surface area contributed by atoms with Crippen LogP contribution in [0.4, 0.5) is 0 Å². The van der Waals surface area contributed by atoms with E-state index >= 15 is 0 Å². The lowest BCUT2D eigenvalue weighted by Gasteiger charge is -2.22. The molecule has 3 N–H and O–H groups in total. The van der Waals surface area contributed by atoms with E-state index in [2.05, 4.69) is 55.6 Å². The van der Waals surface area contributed by atoms with Gasteiger partial charge in [-0.1, -0.05) is 198 Å². The maximum Gasteiger partial charge on any atom is 0.305 e. The van der Waals surface area contributed by atoms with Crippen molar-refractivity contribution in [3.8, 4) is 0 Å². The van der Waals surface area contributed by atoms with Crippen molar-refractivity contribution in [1.29, 1.82) is 0 Å². The minimum absolute atomic E-state index is 0.0243. The van der Waals surface area contributed by atoms with Gasteiger partial charge in [-0.3, -0.25) is 9.59 Å². The second-order valence-corrected chi connectivity index (χ2v) is 17.1. The first-order valence-corrected chi connectivity index (χ1v) is 25.2. The third-order valence-electron chi connectivity index (χ3n) is 11.4. The number of carbonyl (C=O) groups excluding carboxylic acids is 2. The number of esters is 1. The number of hydrogen-bond acceptors (Lipinski definition) is 5. The van der Waals surface area contributed by atoms with Crippen LogP contribution in [-0.2, 0) is 14.3 Å². The number of aliphatic hydroxyl groups is 2. The summed E-state index contributed by atoms with van der Waals surface area (Å²) in [6.07, 6.45) is 56.8. The maximum absolute atomic E-state index is 12.4. The Kier molecular flexibility index (Phi) is 46.2. The highest BCUT2D eigenvalue weighted by Gasteiger charge is 2.20. The van der Waals surface area contributed by atoms with Crippen LogP contribution in [0.3, 0.4) is 0 Å². The molecule has 6 heteroatoms. The molecular weight excluding hydrogens is 719 g/mol. The van der Waals surface area contributed by atoms with Crippen LogP contribution in [0.25, 0.3) is 0 Å². The Labute approximate surface area is 360 Å². The van der Waals surface area contributed by atoms with Gasteiger partial charge in [0.25, 0.3) is 0 Å². The fraction of sp³-hybridized carbons (Fsp3) is 0.846. The second kappa shape index (κ2) is 47.8. The van der Waals surface area contributed by atoms with Crippen molar-refractivity contribution in [3.63, 3.8) is 0 Å². The molecular formula is C52H97NO5. The number of allylic oxidation sites excluding steroid dienone is 6. The smallest absolute Gasteiger partial charge is 0.305 e. The van der Waals surface area contributed by atoms with Gasteiger partial charge in [0.2, 0.25) is 5.91 Å². The number of rotatable bonds is 46. The molecule has 0 saturated heterocycles. The van der Waals surface area contributed by atoms with Gasteiger partial charge in [0.05, 0.1) is 25.4 Å². The number of hydrogen-bond donors (Lipinski definition) is 3. The molecule has 2 unspecified atom stereocenters. The van der Waals surface area contributed by atoms with Gasteiger partial charge in [-0.15, -0.1) is 0 Å². The van der Waals surface area contributed by atoms with Crippen LogP contribution in [-0.4, -0.2) is 47.4 Å². The van der Waals surface area contributed by atoms with Gasteiger partial charge in [0.15, 0.2) is 0 Å². The van der Waals surface area contributed by atoms with Gasteiger partial charge in [0, 0.05) is 12.8 Å². The number of unbranched alkanes of at least 4 members (excludes halogenated alkanes) is 29. The number of amides is 1. The summed E-state index contributed by atoms with van der Waals surface area (Å²) >= 11 is 0. The van der Waals surface area contributed by atoms with E-state index < -0.39 is 12.1 Å². The molecule has 0 aliphatic rings. The van der Waals surface area contributed by atoms with Gasteiger partial charge in [-0.2, -0.15) is 0 Å². The zero-order chi connectivity index (χ0) is 42.3. The minimum atomic E-state index is -0.673. The van der Waals surface area contributed by atoms with E-state index in [1.54, 1.807) is 0 Å². The summed E-state index contributed by atoms with van der Waals surface area (Å²) in [5.41, 5.74) is 0. The van der Waals surface area contributed by atoms with Crippen molar-refractivity contribution in [1.82, 2.24) is 5.32 Å². The molecule has 0 aromatic rings. The van der Waals surface area contributed by atoms with Crippen LogP contribution in [0.1, 0.15) is 258 Å². The molecule has 6 nitrogen and oxygen atoms in total. The topological polar surface area (TPSA) is 95.9 Å². The molecule has 0 aliphatic carbocycles. The normalized spacial score (nSPS) is 13.0. The highest BCUT2D eigenvalue weighted by molar-refractivity contribution is 5.76. The first-order chi connectivity index (χ1) is 28.5. The predicted molar refractivity (Wildman–Crippen MR) is 250 cm³/mol. The zero-order valence-corrected chi connectivity index (χ0v) is 38.5. The fourth-order valence-electron chi connectivity index (χ4n) is 7.49. The molecule has 0 saturated carbocycles. The minimum Gasteiger partial charge on any atom is -0.466 e. The molecule has 0 radical (unpaired) electrons. The lowest BCUT2D eigenvalue weighted by atomic mass is 10.0. The lowest BCUT2D eigenvalue weighted by molar-refractivity contribution is -0.143. The fourth-order valence-corrected chi connectivity index (χ4v) is 7.49. The summed E-state index contributed by atoms with van der Waals surface area (Å²) in [6, 6.07) is -0.552. The molecule has 2 atom stereocenters. The van der Waals surface area contributed by atoms with E-state index in [0.29, 0.717) is 25.9 Å². The van der Waals surface area contributed by atoms with E-state index in [4.69, 9.17) is 4.74 Å². The highest BCUT2D eigenvalue weighted by Crippen LogP contribution is 2.15. The van der Waals surface area contributed by atoms with Crippen LogP contribution in [0.5, 0.6) is 0 Å². The number of ether oxygens (including phenoxy) is 1. The third-order valence-corrected chi connectivity index (χ3v) is 11.4. The number of aliphatic hydroxyl groups excluding tert-OH is 2. The molecule has 0 rings (SSSR count). The van der Waals surface area contributed by atoms with Crippen LogP contribution in [0.2, 0.25) is 0 Å². The van der Waals surface area contributed by atoms with Gasteiger partial charge in [-0.05, 0) is 83.5 Å². The predicted octanol–water partition coefficient (Wildman–Crippen LogP) is 14.9. The van der Waals surface area contributed by atoms with E-state index in [1.165, 1.54) is 148 Å². The average Bonchev–Trinajstić information content (AvgIpc) is 3.22. The number of nitrogens with one attached hydrogen (secondary N) is 1. The summed E-state index contributed by atoms with van der Waals surface area (Å²) in [7, 11) is 0. The summed E-state index contributed by atoms with van der Waals surface area (Å²) in [5, 5.41) is 23.1. The monoisotopic (exact) mass is 816 g/mol. The first-order valence-electron chi connectivity index (χ1n) is 25.2. The zero-order valence-electron chi connectivity index (χ0n) is 38.5. The van der Waals surface area contributed by atoms with Gasteiger partial charge in [-0.25, -0.2) is 0 Å². The van der Waals surface area contributed by atoms with Crippen molar-refractivity contribution >= 4 is 11.9 Å². The number of carbonyl (C=O) groups is 2. The first kappa shape index (κ1) is 56.1. The van der Waals surface area contributed by atoms with Gasteiger partial charge < -0.3 is 20.3 Å². The Morgan fingerprint density at radius 2 is 0.862 bits per heavy atom. The standard InChI is InChI=1S/C52H97NO5/c1-3-5-7-9-11-13-15-16-17-20-23-26-30-34-38-42-46-52(57)58-47-43-39-35-31-27-24-21-18-19-22-25-29-33-37-41-45-51(56)53-49(48-54)50(55)44-40-36-32-28-14-12-10-8-6-4-2/h13,15,17,20-21,24,49-50,54-55H,3-12,14,16,18-19,22-23,25-48H2,1-2H3,(H,53,56)/b15-13-,20-17-,24-21-. The molecule has 0 spiro atoms. The molecule has 0 bridgehead atoms. The Balaban J connectivity index is 3.48. The molecule has 1 amide bonds. The van der Waals surface area contributed by atoms with Crippen LogP contribution < -0.4 is 5.32 Å². The van der Waals surface area contributed by atoms with Crippen LogP contribution in [0.15, 0.2) is 36.5 Å². The molecule has 0 aliphatic heterocycles. The lowest BCUT2D eigenvalue weighted by Crippen LogP contribution is -2.45. The quantitative estimate of drug-likeness (QED) is 0.0323. The van der Waals surface area contributed by atoms with Gasteiger partial charge in [0.1, 0.15) is 0 Å². The molecule has 0 aromatic heterocycles. The Hall–Kier alpha value is -1.92. The Morgan fingerprint density at radius 1 is 0.483 bits per heavy atom. The summed E-state index contributed by atoms with van der Waals surface area (Å²) in [4.78, 5) is 24.4. The van der Waals surface area contributed by atoms with Crippen molar-refractivity contribution < 1.29 is 24.5 Å². The largest absolute Gasteiger partial charge is 0.466 e. The molecule has 0 aromatic carbocycles. The van der Waals surface area contributed by atoms with Crippen molar-refractivity contribution in [2.24, 2.45) is 0 Å². The van der Waals surface area contributed by atoms with E-state index in [9.17, 15) is 19.8 Å². The second-order valence-electron chi connectivity index (χ2n) is 17.1. The van der Waals surface area contributed by atoms with Crippen LogP contribution in [0, 0.1) is 0 Å². The summed E-state index contributed by atoms with van der Waals surface area (Å²) < 4.78 is 5.45. The highest BCUT2D eigenvalue weighted by atomic mass is 16.5. The molecule has 0 heterocycles. The summed E-state index contributed by atoms with van der Waals surface area (Å²) in [6.45, 7) is 4.87. The van der Waals surface area contributed by atoms with Gasteiger partial charge >= 0.3 is 5.97 Å². The van der Waals surface area contributed by atoms with Crippen molar-refractivity contribution in [3.05, 3.63) is 36.5 Å². The van der Waals surface area contributed by atoms with E-state index in [-0.39, 0.29) is 18.5 Å². The van der Waals surface area contributed by atoms with E-state index in [0.717, 1.165) is 77.0 Å². The maximum atomic E-state index is 12.4. The molecule has 0 fully saturated rings. The molecule has 340 valence electrons. The Morgan fingerprint density at radius 3 is 1.34 bits per heavy atom. The third kappa shape index (κ3) is 43.7. The van der Waals surface area contributed by atoms with Crippen LogP contribution >= 0.6 is 0 Å². The average molecular weight is 816 g/mol. The van der Waals surface area contributed by atoms with E-state index in [1.807, 2.05) is 0 Å². The van der Waals surface area contributed by atoms with Crippen molar-refractivity contribution in [2.75, 3.05) is 13.2 Å². The molecule has 58 heavy (non-hydrogen) atoms.